The molecule has 19 heavy (non-hydrogen) atoms. The third kappa shape index (κ3) is 2.35. The standard InChI is InChI=1S/C14H11BrClFOS/c15-9-5-4-8(13(17)12(9)16)14(18)11-6-7-2-1-3-10(7)19-11/h4-6,14,18H,1-3H2. The van der Waals surface area contributed by atoms with Gasteiger partial charge in [-0.1, -0.05) is 17.7 Å². The van der Waals surface area contributed by atoms with Gasteiger partial charge >= 0.3 is 0 Å². The van der Waals surface area contributed by atoms with Gasteiger partial charge in [-0.3, -0.25) is 0 Å². The van der Waals surface area contributed by atoms with E-state index in [2.05, 4.69) is 15.9 Å². The number of benzene rings is 1. The van der Waals surface area contributed by atoms with Gasteiger partial charge in [0.1, 0.15) is 11.9 Å². The van der Waals surface area contributed by atoms with E-state index in [0.717, 1.165) is 17.7 Å². The Morgan fingerprint density at radius 3 is 2.89 bits per heavy atom. The average Bonchev–Trinajstić information content (AvgIpc) is 2.96. The Balaban J connectivity index is 1.99. The van der Waals surface area contributed by atoms with Crippen molar-refractivity contribution >= 4 is 38.9 Å². The monoisotopic (exact) mass is 360 g/mol. The van der Waals surface area contributed by atoms with E-state index in [0.29, 0.717) is 4.47 Å². The number of hydrogen-bond acceptors (Lipinski definition) is 2. The van der Waals surface area contributed by atoms with Crippen LogP contribution in [0, 0.1) is 5.82 Å². The lowest BCUT2D eigenvalue weighted by Gasteiger charge is -2.12. The van der Waals surface area contributed by atoms with Crippen molar-refractivity contribution in [3.05, 3.63) is 54.4 Å². The number of aryl methyl sites for hydroxylation is 2. The van der Waals surface area contributed by atoms with Crippen molar-refractivity contribution < 1.29 is 9.50 Å². The zero-order valence-electron chi connectivity index (χ0n) is 9.92. The van der Waals surface area contributed by atoms with Gasteiger partial charge in [0, 0.05) is 19.8 Å². The van der Waals surface area contributed by atoms with Gasteiger partial charge < -0.3 is 5.11 Å². The first-order chi connectivity index (χ1) is 9.08. The molecule has 2 aromatic rings. The molecule has 0 fully saturated rings. The van der Waals surface area contributed by atoms with E-state index >= 15 is 0 Å². The first kappa shape index (κ1) is 13.6. The Morgan fingerprint density at radius 1 is 1.37 bits per heavy atom. The van der Waals surface area contributed by atoms with Crippen LogP contribution in [0.25, 0.3) is 0 Å². The van der Waals surface area contributed by atoms with Crippen LogP contribution in [-0.4, -0.2) is 5.11 Å². The summed E-state index contributed by atoms with van der Waals surface area (Å²) in [6.45, 7) is 0. The lowest BCUT2D eigenvalue weighted by Crippen LogP contribution is -2.01. The molecule has 1 unspecified atom stereocenters. The third-order valence-electron chi connectivity index (χ3n) is 3.39. The van der Waals surface area contributed by atoms with Crippen LogP contribution in [0.3, 0.4) is 0 Å². The van der Waals surface area contributed by atoms with Gasteiger partial charge in [-0.25, -0.2) is 4.39 Å². The normalized spacial score (nSPS) is 15.6. The Morgan fingerprint density at radius 2 is 2.16 bits per heavy atom. The maximum Gasteiger partial charge on any atom is 0.149 e. The molecule has 1 heterocycles. The lowest BCUT2D eigenvalue weighted by atomic mass is 10.1. The minimum absolute atomic E-state index is 0.0145. The van der Waals surface area contributed by atoms with Crippen LogP contribution in [-0.2, 0) is 12.8 Å². The molecule has 0 spiro atoms. The van der Waals surface area contributed by atoms with Crippen molar-refractivity contribution in [1.82, 2.24) is 0 Å². The molecule has 0 saturated carbocycles. The molecule has 5 heteroatoms. The fourth-order valence-corrected chi connectivity index (χ4v) is 4.13. The van der Waals surface area contributed by atoms with Crippen molar-refractivity contribution in [2.45, 2.75) is 25.4 Å². The highest BCUT2D eigenvalue weighted by atomic mass is 79.9. The Kier molecular flexibility index (Phi) is 3.69. The highest BCUT2D eigenvalue weighted by molar-refractivity contribution is 9.10. The van der Waals surface area contributed by atoms with Crippen molar-refractivity contribution in [2.75, 3.05) is 0 Å². The Hall–Kier alpha value is -0.420. The van der Waals surface area contributed by atoms with Crippen LogP contribution in [0.2, 0.25) is 5.02 Å². The number of halogens is 3. The Labute approximate surface area is 128 Å². The molecule has 1 aliphatic rings. The molecule has 0 aliphatic heterocycles. The second-order valence-electron chi connectivity index (χ2n) is 4.62. The molecule has 1 atom stereocenters. The highest BCUT2D eigenvalue weighted by Gasteiger charge is 2.23. The fraction of sp³-hybridized carbons (Fsp3) is 0.286. The summed E-state index contributed by atoms with van der Waals surface area (Å²) in [6, 6.07) is 5.22. The van der Waals surface area contributed by atoms with Crippen molar-refractivity contribution in [3.8, 4) is 0 Å². The van der Waals surface area contributed by atoms with Gasteiger partial charge in [0.25, 0.3) is 0 Å². The molecule has 100 valence electrons. The number of thiophene rings is 1. The van der Waals surface area contributed by atoms with Crippen molar-refractivity contribution in [3.63, 3.8) is 0 Å². The summed E-state index contributed by atoms with van der Waals surface area (Å²) < 4.78 is 14.6. The number of hydrogen-bond donors (Lipinski definition) is 1. The zero-order chi connectivity index (χ0) is 13.6. The summed E-state index contributed by atoms with van der Waals surface area (Å²) >= 11 is 10.6. The van der Waals surface area contributed by atoms with E-state index in [4.69, 9.17) is 11.6 Å². The maximum atomic E-state index is 14.1. The SMILES string of the molecule is OC(c1cc2c(s1)CCC2)c1ccc(Br)c(Cl)c1F. The quantitative estimate of drug-likeness (QED) is 0.756. The second-order valence-corrected chi connectivity index (χ2v) is 7.02. The largest absolute Gasteiger partial charge is 0.383 e. The topological polar surface area (TPSA) is 20.2 Å². The minimum atomic E-state index is -0.943. The molecule has 0 bridgehead atoms. The summed E-state index contributed by atoms with van der Waals surface area (Å²) in [7, 11) is 0. The molecule has 1 aromatic heterocycles. The Bertz CT molecular complexity index is 619. The van der Waals surface area contributed by atoms with E-state index in [9.17, 15) is 9.50 Å². The summed E-state index contributed by atoms with van der Waals surface area (Å²) in [5, 5.41) is 10.4. The van der Waals surface area contributed by atoms with Crippen molar-refractivity contribution in [2.24, 2.45) is 0 Å². The van der Waals surface area contributed by atoms with Crippen LogP contribution in [0.15, 0.2) is 22.7 Å². The third-order valence-corrected chi connectivity index (χ3v) is 5.94. The van der Waals surface area contributed by atoms with Gasteiger partial charge in [0.2, 0.25) is 0 Å². The van der Waals surface area contributed by atoms with Crippen LogP contribution in [0.1, 0.15) is 33.4 Å². The fourth-order valence-electron chi connectivity index (χ4n) is 2.39. The van der Waals surface area contributed by atoms with Crippen LogP contribution in [0.4, 0.5) is 4.39 Å². The number of aliphatic hydroxyl groups excluding tert-OH is 1. The zero-order valence-corrected chi connectivity index (χ0v) is 13.1. The molecule has 0 saturated heterocycles. The van der Waals surface area contributed by atoms with Crippen LogP contribution in [0.5, 0.6) is 0 Å². The summed E-state index contributed by atoms with van der Waals surface area (Å²) in [6.07, 6.45) is 2.36. The number of fused-ring (bicyclic) bond motifs is 1. The van der Waals surface area contributed by atoms with Gasteiger partial charge in [-0.15, -0.1) is 11.3 Å². The number of rotatable bonds is 2. The molecule has 0 radical (unpaired) electrons. The highest BCUT2D eigenvalue weighted by Crippen LogP contribution is 2.38. The smallest absolute Gasteiger partial charge is 0.149 e. The number of aliphatic hydroxyl groups is 1. The van der Waals surface area contributed by atoms with E-state index in [-0.39, 0.29) is 10.6 Å². The van der Waals surface area contributed by atoms with Gasteiger partial charge in [-0.2, -0.15) is 0 Å². The van der Waals surface area contributed by atoms with E-state index in [1.807, 2.05) is 6.07 Å². The first-order valence-corrected chi connectivity index (χ1v) is 7.99. The molecule has 1 aromatic carbocycles. The van der Waals surface area contributed by atoms with Gasteiger partial charge in [-0.05, 0) is 52.9 Å². The molecule has 1 N–H and O–H groups in total. The van der Waals surface area contributed by atoms with E-state index in [1.165, 1.54) is 16.9 Å². The van der Waals surface area contributed by atoms with E-state index in [1.54, 1.807) is 23.5 Å². The molecular formula is C14H11BrClFOS. The maximum absolute atomic E-state index is 14.1. The predicted octanol–water partition coefficient (Wildman–Crippen LogP) is 4.87. The summed E-state index contributed by atoms with van der Waals surface area (Å²) in [5.74, 6) is -0.558. The summed E-state index contributed by atoms with van der Waals surface area (Å²) in [5.41, 5.74) is 1.52. The van der Waals surface area contributed by atoms with Crippen molar-refractivity contribution in [1.29, 1.82) is 0 Å². The second kappa shape index (κ2) is 5.17. The van der Waals surface area contributed by atoms with Crippen LogP contribution >= 0.6 is 38.9 Å². The average molecular weight is 362 g/mol. The molecule has 1 nitrogen and oxygen atoms in total. The van der Waals surface area contributed by atoms with E-state index < -0.39 is 11.9 Å². The molecule has 0 amide bonds. The minimum Gasteiger partial charge on any atom is -0.383 e. The first-order valence-electron chi connectivity index (χ1n) is 6.01. The predicted molar refractivity (Wildman–Crippen MR) is 79.5 cm³/mol. The lowest BCUT2D eigenvalue weighted by molar-refractivity contribution is 0.218. The summed E-state index contributed by atoms with van der Waals surface area (Å²) in [4.78, 5) is 2.11. The van der Waals surface area contributed by atoms with Crippen LogP contribution < -0.4 is 0 Å². The molecule has 3 rings (SSSR count). The van der Waals surface area contributed by atoms with Gasteiger partial charge in [0.05, 0.1) is 5.02 Å². The molecule has 1 aliphatic carbocycles. The van der Waals surface area contributed by atoms with Gasteiger partial charge in [0.15, 0.2) is 0 Å². The molecular weight excluding hydrogens is 351 g/mol.